The summed E-state index contributed by atoms with van der Waals surface area (Å²) in [6.45, 7) is 2.04. The van der Waals surface area contributed by atoms with Crippen LogP contribution in [0.1, 0.15) is 17.3 Å². The van der Waals surface area contributed by atoms with Crippen LogP contribution in [0.2, 0.25) is 5.02 Å². The molecule has 0 atom stereocenters. The molecule has 0 saturated heterocycles. The molecule has 0 aromatic heterocycles. The van der Waals surface area contributed by atoms with Crippen LogP contribution in [0.3, 0.4) is 0 Å². The third kappa shape index (κ3) is 3.41. The third-order valence-corrected chi connectivity index (χ3v) is 2.73. The predicted molar refractivity (Wildman–Crippen MR) is 58.8 cm³/mol. The summed E-state index contributed by atoms with van der Waals surface area (Å²) in [5.74, 6) is 1.70. The van der Waals surface area contributed by atoms with E-state index in [0.29, 0.717) is 10.8 Å². The highest BCUT2D eigenvalue weighted by Gasteiger charge is 2.03. The van der Waals surface area contributed by atoms with Gasteiger partial charge in [-0.25, -0.2) is 0 Å². The fraction of sp³-hybridized carbons (Fsp3) is 0.300. The SMILES string of the molecule is CCSCC(=O)c1ccc(Cl)cc1. The number of rotatable bonds is 4. The van der Waals surface area contributed by atoms with Gasteiger partial charge in [0, 0.05) is 10.6 Å². The molecule has 1 aromatic carbocycles. The van der Waals surface area contributed by atoms with Crippen molar-refractivity contribution >= 4 is 29.1 Å². The average Bonchev–Trinajstić information content (AvgIpc) is 2.15. The van der Waals surface area contributed by atoms with Gasteiger partial charge in [-0.2, -0.15) is 11.8 Å². The van der Waals surface area contributed by atoms with Crippen LogP contribution in [0, 0.1) is 0 Å². The summed E-state index contributed by atoms with van der Waals surface area (Å²) in [6.07, 6.45) is 0. The van der Waals surface area contributed by atoms with E-state index in [0.717, 1.165) is 11.3 Å². The van der Waals surface area contributed by atoms with E-state index in [-0.39, 0.29) is 5.78 Å². The zero-order chi connectivity index (χ0) is 9.68. The number of benzene rings is 1. The minimum absolute atomic E-state index is 0.170. The molecular formula is C10H11ClOS. The first kappa shape index (κ1) is 10.6. The Hall–Kier alpha value is -0.470. The van der Waals surface area contributed by atoms with Crippen molar-refractivity contribution in [3.63, 3.8) is 0 Å². The van der Waals surface area contributed by atoms with Crippen molar-refractivity contribution in [1.29, 1.82) is 0 Å². The van der Waals surface area contributed by atoms with Gasteiger partial charge in [-0.05, 0) is 30.0 Å². The Balaban J connectivity index is 2.61. The third-order valence-electron chi connectivity index (χ3n) is 1.60. The number of hydrogen-bond acceptors (Lipinski definition) is 2. The number of ketones is 1. The van der Waals surface area contributed by atoms with E-state index >= 15 is 0 Å². The Morgan fingerprint density at radius 1 is 1.38 bits per heavy atom. The molecule has 0 unspecified atom stereocenters. The van der Waals surface area contributed by atoms with Gasteiger partial charge in [-0.15, -0.1) is 0 Å². The maximum absolute atomic E-state index is 11.5. The molecule has 0 amide bonds. The zero-order valence-corrected chi connectivity index (χ0v) is 8.99. The molecule has 0 saturated carbocycles. The Morgan fingerprint density at radius 2 is 2.00 bits per heavy atom. The molecule has 13 heavy (non-hydrogen) atoms. The van der Waals surface area contributed by atoms with Gasteiger partial charge in [0.1, 0.15) is 0 Å². The van der Waals surface area contributed by atoms with E-state index < -0.39 is 0 Å². The number of halogens is 1. The van der Waals surface area contributed by atoms with E-state index in [1.807, 2.05) is 6.92 Å². The summed E-state index contributed by atoms with van der Waals surface area (Å²) in [6, 6.07) is 7.01. The highest BCUT2D eigenvalue weighted by atomic mass is 35.5. The number of hydrogen-bond donors (Lipinski definition) is 0. The molecule has 0 N–H and O–H groups in total. The summed E-state index contributed by atoms with van der Waals surface area (Å²) < 4.78 is 0. The number of thioether (sulfide) groups is 1. The minimum atomic E-state index is 0.170. The van der Waals surface area contributed by atoms with Gasteiger partial charge >= 0.3 is 0 Å². The highest BCUT2D eigenvalue weighted by Crippen LogP contribution is 2.11. The molecule has 0 heterocycles. The Bertz CT molecular complexity index is 281. The summed E-state index contributed by atoms with van der Waals surface area (Å²) in [7, 11) is 0. The van der Waals surface area contributed by atoms with Crippen molar-refractivity contribution in [2.24, 2.45) is 0 Å². The average molecular weight is 215 g/mol. The van der Waals surface area contributed by atoms with Gasteiger partial charge in [0.15, 0.2) is 5.78 Å². The molecule has 70 valence electrons. The topological polar surface area (TPSA) is 17.1 Å². The quantitative estimate of drug-likeness (QED) is 0.716. The smallest absolute Gasteiger partial charge is 0.172 e. The zero-order valence-electron chi connectivity index (χ0n) is 7.42. The lowest BCUT2D eigenvalue weighted by atomic mass is 10.1. The van der Waals surface area contributed by atoms with Crippen molar-refractivity contribution < 1.29 is 4.79 Å². The second kappa shape index (κ2) is 5.30. The standard InChI is InChI=1S/C10H11ClOS/c1-2-13-7-10(12)8-3-5-9(11)6-4-8/h3-6H,2,7H2,1H3. The first-order chi connectivity index (χ1) is 6.24. The molecule has 0 spiro atoms. The predicted octanol–water partition coefficient (Wildman–Crippen LogP) is 3.28. The van der Waals surface area contributed by atoms with Crippen LogP contribution in [0.4, 0.5) is 0 Å². The van der Waals surface area contributed by atoms with Crippen LogP contribution in [0.25, 0.3) is 0 Å². The molecule has 1 nitrogen and oxygen atoms in total. The monoisotopic (exact) mass is 214 g/mol. The largest absolute Gasteiger partial charge is 0.293 e. The summed E-state index contributed by atoms with van der Waals surface area (Å²) in [5, 5.41) is 0.666. The maximum atomic E-state index is 11.5. The van der Waals surface area contributed by atoms with Crippen LogP contribution in [0.15, 0.2) is 24.3 Å². The summed E-state index contributed by atoms with van der Waals surface area (Å²) in [4.78, 5) is 11.5. The second-order valence-electron chi connectivity index (χ2n) is 2.57. The summed E-state index contributed by atoms with van der Waals surface area (Å²) in [5.41, 5.74) is 0.741. The van der Waals surface area contributed by atoms with Gasteiger partial charge in [0.2, 0.25) is 0 Å². The number of carbonyl (C=O) groups is 1. The van der Waals surface area contributed by atoms with E-state index in [2.05, 4.69) is 0 Å². The van der Waals surface area contributed by atoms with Gasteiger partial charge in [-0.1, -0.05) is 18.5 Å². The van der Waals surface area contributed by atoms with E-state index in [4.69, 9.17) is 11.6 Å². The van der Waals surface area contributed by atoms with E-state index in [9.17, 15) is 4.79 Å². The van der Waals surface area contributed by atoms with Crippen molar-refractivity contribution in [3.05, 3.63) is 34.9 Å². The Morgan fingerprint density at radius 3 is 2.54 bits per heavy atom. The van der Waals surface area contributed by atoms with Gasteiger partial charge in [-0.3, -0.25) is 4.79 Å². The van der Waals surface area contributed by atoms with Crippen LogP contribution in [-0.2, 0) is 0 Å². The lowest BCUT2D eigenvalue weighted by Gasteiger charge is -1.99. The van der Waals surface area contributed by atoms with Crippen molar-refractivity contribution in [1.82, 2.24) is 0 Å². The Kier molecular flexibility index (Phi) is 4.33. The fourth-order valence-corrected chi connectivity index (χ4v) is 1.60. The van der Waals surface area contributed by atoms with E-state index in [1.165, 1.54) is 0 Å². The van der Waals surface area contributed by atoms with Crippen molar-refractivity contribution in [2.45, 2.75) is 6.92 Å². The molecule has 0 aliphatic heterocycles. The van der Waals surface area contributed by atoms with Crippen LogP contribution in [0.5, 0.6) is 0 Å². The molecule has 0 radical (unpaired) electrons. The first-order valence-electron chi connectivity index (χ1n) is 4.10. The molecule has 0 bridgehead atoms. The molecule has 1 rings (SSSR count). The highest BCUT2D eigenvalue weighted by molar-refractivity contribution is 7.99. The van der Waals surface area contributed by atoms with Crippen LogP contribution in [-0.4, -0.2) is 17.3 Å². The van der Waals surface area contributed by atoms with Crippen molar-refractivity contribution in [3.8, 4) is 0 Å². The van der Waals surface area contributed by atoms with E-state index in [1.54, 1.807) is 36.0 Å². The second-order valence-corrected chi connectivity index (χ2v) is 4.28. The molecule has 0 fully saturated rings. The lowest BCUT2D eigenvalue weighted by Crippen LogP contribution is -2.01. The fourth-order valence-electron chi connectivity index (χ4n) is 0.914. The molecule has 0 aliphatic rings. The Labute approximate surface area is 87.5 Å². The molecule has 1 aromatic rings. The van der Waals surface area contributed by atoms with Crippen LogP contribution < -0.4 is 0 Å². The summed E-state index contributed by atoms with van der Waals surface area (Å²) >= 11 is 7.34. The normalized spacial score (nSPS) is 10.0. The number of carbonyl (C=O) groups excluding carboxylic acids is 1. The molecule has 0 aliphatic carbocycles. The lowest BCUT2D eigenvalue weighted by molar-refractivity contribution is 0.102. The minimum Gasteiger partial charge on any atom is -0.293 e. The van der Waals surface area contributed by atoms with Gasteiger partial charge in [0.25, 0.3) is 0 Å². The number of Topliss-reactive ketones (excluding diaryl/α,β-unsaturated/α-hetero) is 1. The van der Waals surface area contributed by atoms with Gasteiger partial charge < -0.3 is 0 Å². The maximum Gasteiger partial charge on any atom is 0.172 e. The molecular weight excluding hydrogens is 204 g/mol. The molecule has 3 heteroatoms. The van der Waals surface area contributed by atoms with Crippen molar-refractivity contribution in [2.75, 3.05) is 11.5 Å². The first-order valence-corrected chi connectivity index (χ1v) is 5.64. The van der Waals surface area contributed by atoms with Crippen LogP contribution >= 0.6 is 23.4 Å². The van der Waals surface area contributed by atoms with Gasteiger partial charge in [0.05, 0.1) is 5.75 Å².